The van der Waals surface area contributed by atoms with Crippen LogP contribution >= 0.6 is 0 Å². The van der Waals surface area contributed by atoms with Gasteiger partial charge in [0.05, 0.1) is 10.5 Å². The third kappa shape index (κ3) is 3.67. The second-order valence-electron chi connectivity index (χ2n) is 6.23. The van der Waals surface area contributed by atoms with E-state index in [1.807, 2.05) is 45.2 Å². The van der Waals surface area contributed by atoms with Crippen LogP contribution in [0.5, 0.6) is 0 Å². The maximum Gasteiger partial charge on any atom is 0.157 e. The van der Waals surface area contributed by atoms with Crippen molar-refractivity contribution in [3.8, 4) is 0 Å². The predicted molar refractivity (Wildman–Crippen MR) is 88.2 cm³/mol. The molecule has 3 nitrogen and oxygen atoms in total. The highest BCUT2D eigenvalue weighted by atomic mass is 32.2. The molecule has 0 saturated heterocycles. The zero-order valence-electron chi connectivity index (χ0n) is 13.3. The molecule has 1 saturated carbocycles. The first kappa shape index (κ1) is 16.5. The maximum absolute atomic E-state index is 12.9. The van der Waals surface area contributed by atoms with E-state index in [9.17, 15) is 8.42 Å². The lowest BCUT2D eigenvalue weighted by Gasteiger charge is -2.30. The maximum atomic E-state index is 12.9. The highest BCUT2D eigenvalue weighted by Crippen LogP contribution is 2.31. The van der Waals surface area contributed by atoms with Crippen molar-refractivity contribution in [3.05, 3.63) is 35.4 Å². The van der Waals surface area contributed by atoms with Gasteiger partial charge in [0.2, 0.25) is 0 Å². The van der Waals surface area contributed by atoms with Gasteiger partial charge in [0.25, 0.3) is 0 Å². The molecular formula is C17H27NO2S. The van der Waals surface area contributed by atoms with Gasteiger partial charge < -0.3 is 5.32 Å². The van der Waals surface area contributed by atoms with Crippen LogP contribution in [0.3, 0.4) is 0 Å². The molecule has 0 radical (unpaired) electrons. The number of aryl methyl sites for hydroxylation is 1. The van der Waals surface area contributed by atoms with E-state index in [0.29, 0.717) is 0 Å². The van der Waals surface area contributed by atoms with Crippen molar-refractivity contribution < 1.29 is 8.42 Å². The Balaban J connectivity index is 2.22. The molecule has 21 heavy (non-hydrogen) atoms. The molecule has 2 rings (SSSR count). The van der Waals surface area contributed by atoms with E-state index in [4.69, 9.17) is 0 Å². The van der Waals surface area contributed by atoms with Crippen molar-refractivity contribution in [3.63, 3.8) is 0 Å². The summed E-state index contributed by atoms with van der Waals surface area (Å²) >= 11 is 0. The first-order chi connectivity index (χ1) is 9.96. The molecule has 4 heteroatoms. The molecule has 0 amide bonds. The van der Waals surface area contributed by atoms with Gasteiger partial charge in [-0.3, -0.25) is 0 Å². The van der Waals surface area contributed by atoms with E-state index in [2.05, 4.69) is 5.32 Å². The molecule has 1 N–H and O–H groups in total. The van der Waals surface area contributed by atoms with E-state index in [0.717, 1.165) is 31.2 Å². The zero-order valence-corrected chi connectivity index (χ0v) is 14.1. The molecule has 1 fully saturated rings. The van der Waals surface area contributed by atoms with Gasteiger partial charge in [0.15, 0.2) is 9.84 Å². The average Bonchev–Trinajstić information content (AvgIpc) is 2.50. The van der Waals surface area contributed by atoms with Gasteiger partial charge in [-0.1, -0.05) is 49.1 Å². The Morgan fingerprint density at radius 1 is 1.10 bits per heavy atom. The molecule has 2 unspecified atom stereocenters. The van der Waals surface area contributed by atoms with Crippen LogP contribution in [-0.4, -0.2) is 26.0 Å². The fraction of sp³-hybridized carbons (Fsp3) is 0.647. The van der Waals surface area contributed by atoms with Gasteiger partial charge in [-0.25, -0.2) is 8.42 Å². The molecule has 1 aliphatic carbocycles. The van der Waals surface area contributed by atoms with Crippen molar-refractivity contribution in [2.45, 2.75) is 62.5 Å². The van der Waals surface area contributed by atoms with Crippen molar-refractivity contribution in [2.24, 2.45) is 0 Å². The van der Waals surface area contributed by atoms with Crippen molar-refractivity contribution in [2.75, 3.05) is 7.05 Å². The third-order valence-electron chi connectivity index (χ3n) is 4.75. The molecule has 0 aliphatic heterocycles. The molecular weight excluding hydrogens is 282 g/mol. The quantitative estimate of drug-likeness (QED) is 0.907. The van der Waals surface area contributed by atoms with Crippen LogP contribution in [0.2, 0.25) is 0 Å². The van der Waals surface area contributed by atoms with E-state index in [1.54, 1.807) is 0 Å². The van der Waals surface area contributed by atoms with Crippen LogP contribution in [0.25, 0.3) is 0 Å². The van der Waals surface area contributed by atoms with Gasteiger partial charge in [0.1, 0.15) is 0 Å². The Morgan fingerprint density at radius 3 is 2.19 bits per heavy atom. The summed E-state index contributed by atoms with van der Waals surface area (Å²) in [7, 11) is -1.25. The molecule has 118 valence electrons. The largest absolute Gasteiger partial charge is 0.312 e. The van der Waals surface area contributed by atoms with Gasteiger partial charge >= 0.3 is 0 Å². The Labute approximate surface area is 129 Å². The Morgan fingerprint density at radius 2 is 1.67 bits per heavy atom. The average molecular weight is 309 g/mol. The summed E-state index contributed by atoms with van der Waals surface area (Å²) in [6, 6.07) is 8.00. The second-order valence-corrected chi connectivity index (χ2v) is 8.82. The van der Waals surface area contributed by atoms with E-state index < -0.39 is 15.1 Å². The number of sulfone groups is 1. The SMILES string of the molecule is CNC(c1ccc(C)cc1)C(C)S(=O)(=O)C1CCCCC1. The predicted octanol–water partition coefficient (Wildman–Crippen LogP) is 3.39. The Hall–Kier alpha value is -0.870. The summed E-state index contributed by atoms with van der Waals surface area (Å²) in [6.45, 7) is 3.89. The topological polar surface area (TPSA) is 46.2 Å². The zero-order chi connectivity index (χ0) is 15.5. The number of hydrogen-bond acceptors (Lipinski definition) is 3. The lowest BCUT2D eigenvalue weighted by atomic mass is 10.0. The van der Waals surface area contributed by atoms with Gasteiger partial charge in [-0.2, -0.15) is 0 Å². The molecule has 2 atom stereocenters. The summed E-state index contributed by atoms with van der Waals surface area (Å²) in [5.41, 5.74) is 2.24. The summed E-state index contributed by atoms with van der Waals surface area (Å²) in [5.74, 6) is 0. The van der Waals surface area contributed by atoms with E-state index in [-0.39, 0.29) is 11.3 Å². The third-order valence-corrected chi connectivity index (χ3v) is 7.46. The first-order valence-corrected chi connectivity index (χ1v) is 9.54. The standard InChI is InChI=1S/C17H27NO2S/c1-13-9-11-15(12-10-13)17(18-3)14(2)21(19,20)16-7-5-4-6-8-16/h9-12,14,16-18H,4-8H2,1-3H3. The minimum absolute atomic E-state index is 0.141. The van der Waals surface area contributed by atoms with Gasteiger partial charge in [-0.05, 0) is 39.3 Å². The highest BCUT2D eigenvalue weighted by Gasteiger charge is 2.36. The molecule has 1 aromatic carbocycles. The van der Waals surface area contributed by atoms with Crippen LogP contribution in [0.1, 0.15) is 56.2 Å². The first-order valence-electron chi connectivity index (χ1n) is 7.93. The number of hydrogen-bond donors (Lipinski definition) is 1. The van der Waals surface area contributed by atoms with E-state index in [1.165, 1.54) is 12.0 Å². The molecule has 0 spiro atoms. The second kappa shape index (κ2) is 6.93. The lowest BCUT2D eigenvalue weighted by molar-refractivity contribution is 0.466. The van der Waals surface area contributed by atoms with Crippen LogP contribution in [0.4, 0.5) is 0 Å². The molecule has 0 bridgehead atoms. The number of nitrogens with one attached hydrogen (secondary N) is 1. The van der Waals surface area contributed by atoms with Crippen LogP contribution < -0.4 is 5.32 Å². The normalized spacial score (nSPS) is 20.1. The van der Waals surface area contributed by atoms with Gasteiger partial charge in [0, 0.05) is 6.04 Å². The minimum atomic E-state index is -3.09. The molecule has 1 aliphatic rings. The van der Waals surface area contributed by atoms with Crippen LogP contribution in [-0.2, 0) is 9.84 Å². The highest BCUT2D eigenvalue weighted by molar-refractivity contribution is 7.92. The van der Waals surface area contributed by atoms with E-state index >= 15 is 0 Å². The molecule has 0 heterocycles. The van der Waals surface area contributed by atoms with Crippen molar-refractivity contribution in [1.82, 2.24) is 5.32 Å². The van der Waals surface area contributed by atoms with Crippen LogP contribution in [0, 0.1) is 6.92 Å². The fourth-order valence-corrected chi connectivity index (χ4v) is 5.60. The molecule has 0 aromatic heterocycles. The smallest absolute Gasteiger partial charge is 0.157 e. The lowest BCUT2D eigenvalue weighted by Crippen LogP contribution is -2.39. The summed E-state index contributed by atoms with van der Waals surface area (Å²) in [6.07, 6.45) is 4.93. The van der Waals surface area contributed by atoms with Crippen LogP contribution in [0.15, 0.2) is 24.3 Å². The van der Waals surface area contributed by atoms with Crippen molar-refractivity contribution >= 4 is 9.84 Å². The fourth-order valence-electron chi connectivity index (χ4n) is 3.33. The monoisotopic (exact) mass is 309 g/mol. The van der Waals surface area contributed by atoms with Gasteiger partial charge in [-0.15, -0.1) is 0 Å². The molecule has 1 aromatic rings. The summed E-state index contributed by atoms with van der Waals surface area (Å²) in [4.78, 5) is 0. The Bertz CT molecular complexity index is 545. The Kier molecular flexibility index (Phi) is 5.44. The number of benzene rings is 1. The van der Waals surface area contributed by atoms with Crippen molar-refractivity contribution in [1.29, 1.82) is 0 Å². The summed E-state index contributed by atoms with van der Waals surface area (Å²) < 4.78 is 25.8. The summed E-state index contributed by atoms with van der Waals surface area (Å²) in [5, 5.41) is 2.66. The number of rotatable bonds is 5. The minimum Gasteiger partial charge on any atom is -0.312 e.